The third kappa shape index (κ3) is 3.99. The van der Waals surface area contributed by atoms with E-state index in [0.717, 1.165) is 36.3 Å². The summed E-state index contributed by atoms with van der Waals surface area (Å²) in [5.74, 6) is 0.963. The second kappa shape index (κ2) is 7.79. The molecule has 0 amide bonds. The minimum absolute atomic E-state index is 0.475. The normalized spacial score (nSPS) is 18.1. The Morgan fingerprint density at radius 3 is 3.15 bits per heavy atom. The Morgan fingerprint density at radius 2 is 2.23 bits per heavy atom. The number of likely N-dealkylation sites (tertiary alicyclic amines) is 1. The van der Waals surface area contributed by atoms with Gasteiger partial charge < -0.3 is 10.1 Å². The molecule has 0 aliphatic carbocycles. The molecule has 26 heavy (non-hydrogen) atoms. The van der Waals surface area contributed by atoms with E-state index in [9.17, 15) is 0 Å². The van der Waals surface area contributed by atoms with Gasteiger partial charge in [0, 0.05) is 30.2 Å². The van der Waals surface area contributed by atoms with Crippen LogP contribution in [0.3, 0.4) is 0 Å². The van der Waals surface area contributed by atoms with Gasteiger partial charge in [-0.2, -0.15) is 5.10 Å². The van der Waals surface area contributed by atoms with Gasteiger partial charge in [-0.15, -0.1) is 0 Å². The lowest BCUT2D eigenvalue weighted by atomic mass is 10.0. The molecular formula is C21H26N4O. The number of benzene rings is 2. The molecule has 0 saturated carbocycles. The Labute approximate surface area is 154 Å². The van der Waals surface area contributed by atoms with E-state index < -0.39 is 0 Å². The first kappa shape index (κ1) is 16.9. The smallest absolute Gasteiger partial charge is 0.119 e. The molecule has 2 aromatic carbocycles. The van der Waals surface area contributed by atoms with Crippen molar-refractivity contribution in [3.63, 3.8) is 0 Å². The zero-order valence-corrected chi connectivity index (χ0v) is 15.2. The van der Waals surface area contributed by atoms with Crippen molar-refractivity contribution in [3.8, 4) is 5.75 Å². The van der Waals surface area contributed by atoms with Crippen molar-refractivity contribution in [2.24, 2.45) is 0 Å². The van der Waals surface area contributed by atoms with Gasteiger partial charge in [-0.05, 0) is 62.2 Å². The van der Waals surface area contributed by atoms with Gasteiger partial charge in [0.1, 0.15) is 5.75 Å². The fraction of sp³-hybridized carbons (Fsp3) is 0.381. The van der Waals surface area contributed by atoms with E-state index >= 15 is 0 Å². The van der Waals surface area contributed by atoms with Crippen molar-refractivity contribution in [1.82, 2.24) is 15.1 Å². The lowest BCUT2D eigenvalue weighted by Gasteiger charge is -2.33. The van der Waals surface area contributed by atoms with Crippen molar-refractivity contribution < 1.29 is 4.74 Å². The predicted molar refractivity (Wildman–Crippen MR) is 106 cm³/mol. The molecule has 0 radical (unpaired) electrons. The van der Waals surface area contributed by atoms with E-state index in [0.29, 0.717) is 12.6 Å². The maximum atomic E-state index is 5.63. The fourth-order valence-electron chi connectivity index (χ4n) is 3.74. The van der Waals surface area contributed by atoms with Crippen LogP contribution in [-0.2, 0) is 6.54 Å². The number of nitrogens with one attached hydrogen (secondary N) is 2. The fourth-order valence-corrected chi connectivity index (χ4v) is 3.74. The van der Waals surface area contributed by atoms with E-state index in [-0.39, 0.29) is 0 Å². The van der Waals surface area contributed by atoms with Crippen LogP contribution in [0.5, 0.6) is 5.75 Å². The second-order valence-electron chi connectivity index (χ2n) is 6.97. The van der Waals surface area contributed by atoms with Crippen LogP contribution in [0, 0.1) is 0 Å². The molecule has 1 fully saturated rings. The van der Waals surface area contributed by atoms with Crippen LogP contribution < -0.4 is 10.1 Å². The summed E-state index contributed by atoms with van der Waals surface area (Å²) in [5, 5.41) is 11.9. The first-order valence-corrected chi connectivity index (χ1v) is 9.44. The lowest BCUT2D eigenvalue weighted by Crippen LogP contribution is -2.41. The van der Waals surface area contributed by atoms with Gasteiger partial charge in [0.15, 0.2) is 0 Å². The molecule has 2 N–H and O–H groups in total. The Hall–Kier alpha value is -2.53. The Morgan fingerprint density at radius 1 is 1.27 bits per heavy atom. The van der Waals surface area contributed by atoms with E-state index in [2.05, 4.69) is 56.8 Å². The van der Waals surface area contributed by atoms with Gasteiger partial charge in [-0.25, -0.2) is 0 Å². The minimum Gasteiger partial charge on any atom is -0.494 e. The molecule has 1 atom stereocenters. The number of hydrogen-bond donors (Lipinski definition) is 2. The number of piperidine rings is 1. The number of aromatic amines is 1. The van der Waals surface area contributed by atoms with Crippen LogP contribution in [0.15, 0.2) is 48.7 Å². The number of ether oxygens (including phenoxy) is 1. The topological polar surface area (TPSA) is 53.2 Å². The van der Waals surface area contributed by atoms with Crippen LogP contribution in [-0.4, -0.2) is 40.8 Å². The Bertz CT molecular complexity index is 860. The number of aromatic nitrogens is 2. The van der Waals surface area contributed by atoms with Crippen LogP contribution >= 0.6 is 0 Å². The standard InChI is InChI=1S/C21H26N4O/c1-2-26-20-7-3-5-16(11-20)14-25-10-4-6-19(15-25)23-18-8-9-21-17(12-18)13-22-24-21/h3,5,7-9,11-13,19,23H,2,4,6,10,14-15H2,1H3,(H,22,24)/t19-/m1/s1. The number of rotatable bonds is 6. The molecule has 2 heterocycles. The number of H-pyrrole nitrogens is 1. The quantitative estimate of drug-likeness (QED) is 0.704. The molecule has 0 spiro atoms. The third-order valence-electron chi connectivity index (χ3n) is 4.93. The monoisotopic (exact) mass is 350 g/mol. The van der Waals surface area contributed by atoms with E-state index in [1.807, 2.05) is 19.2 Å². The van der Waals surface area contributed by atoms with Crippen molar-refractivity contribution in [2.45, 2.75) is 32.4 Å². The first-order chi connectivity index (χ1) is 12.8. The van der Waals surface area contributed by atoms with Crippen LogP contribution in [0.25, 0.3) is 10.9 Å². The van der Waals surface area contributed by atoms with Gasteiger partial charge in [0.05, 0.1) is 18.3 Å². The lowest BCUT2D eigenvalue weighted by molar-refractivity contribution is 0.208. The van der Waals surface area contributed by atoms with Gasteiger partial charge in [-0.1, -0.05) is 12.1 Å². The predicted octanol–water partition coefficient (Wildman–Crippen LogP) is 4.04. The van der Waals surface area contributed by atoms with E-state index in [1.165, 1.54) is 24.1 Å². The molecule has 0 unspecified atom stereocenters. The summed E-state index contributed by atoms with van der Waals surface area (Å²) in [7, 11) is 0. The largest absolute Gasteiger partial charge is 0.494 e. The number of fused-ring (bicyclic) bond motifs is 1. The summed E-state index contributed by atoms with van der Waals surface area (Å²) < 4.78 is 5.63. The highest BCUT2D eigenvalue weighted by Gasteiger charge is 2.20. The van der Waals surface area contributed by atoms with Crippen LogP contribution in [0.4, 0.5) is 5.69 Å². The van der Waals surface area contributed by atoms with Gasteiger partial charge in [-0.3, -0.25) is 10.00 Å². The zero-order valence-electron chi connectivity index (χ0n) is 15.2. The van der Waals surface area contributed by atoms with Crippen molar-refractivity contribution in [2.75, 3.05) is 25.0 Å². The molecular weight excluding hydrogens is 324 g/mol. The van der Waals surface area contributed by atoms with E-state index in [4.69, 9.17) is 4.74 Å². The molecule has 0 bridgehead atoms. The molecule has 1 aliphatic rings. The third-order valence-corrected chi connectivity index (χ3v) is 4.93. The molecule has 5 heteroatoms. The molecule has 1 aliphatic heterocycles. The molecule has 4 rings (SSSR count). The molecule has 1 aromatic heterocycles. The molecule has 3 aromatic rings. The molecule has 136 valence electrons. The van der Waals surface area contributed by atoms with E-state index in [1.54, 1.807) is 0 Å². The van der Waals surface area contributed by atoms with Crippen molar-refractivity contribution >= 4 is 16.6 Å². The highest BCUT2D eigenvalue weighted by Crippen LogP contribution is 2.22. The second-order valence-corrected chi connectivity index (χ2v) is 6.97. The average molecular weight is 350 g/mol. The number of hydrogen-bond acceptors (Lipinski definition) is 4. The van der Waals surface area contributed by atoms with Crippen molar-refractivity contribution in [1.29, 1.82) is 0 Å². The number of anilines is 1. The summed E-state index contributed by atoms with van der Waals surface area (Å²) in [6.07, 6.45) is 4.30. The van der Waals surface area contributed by atoms with Crippen LogP contribution in [0.1, 0.15) is 25.3 Å². The van der Waals surface area contributed by atoms with Gasteiger partial charge in [0.2, 0.25) is 0 Å². The average Bonchev–Trinajstić information content (AvgIpc) is 3.10. The highest BCUT2D eigenvalue weighted by atomic mass is 16.5. The SMILES string of the molecule is CCOc1cccc(CN2CCC[C@@H](Nc3ccc4[nH]ncc4c3)C2)c1. The highest BCUT2D eigenvalue weighted by molar-refractivity contribution is 5.81. The maximum Gasteiger partial charge on any atom is 0.119 e. The summed E-state index contributed by atoms with van der Waals surface area (Å²) in [6.45, 7) is 5.91. The molecule has 1 saturated heterocycles. The first-order valence-electron chi connectivity index (χ1n) is 9.44. The zero-order chi connectivity index (χ0) is 17.8. The van der Waals surface area contributed by atoms with Gasteiger partial charge >= 0.3 is 0 Å². The summed E-state index contributed by atoms with van der Waals surface area (Å²) in [5.41, 5.74) is 3.57. The number of nitrogens with zero attached hydrogens (tertiary/aromatic N) is 2. The summed E-state index contributed by atoms with van der Waals surface area (Å²) >= 11 is 0. The molecule has 5 nitrogen and oxygen atoms in total. The Balaban J connectivity index is 1.38. The summed E-state index contributed by atoms with van der Waals surface area (Å²) in [6, 6.07) is 15.3. The van der Waals surface area contributed by atoms with Gasteiger partial charge in [0.25, 0.3) is 0 Å². The Kier molecular flexibility index (Phi) is 5.07. The summed E-state index contributed by atoms with van der Waals surface area (Å²) in [4.78, 5) is 2.53. The minimum atomic E-state index is 0.475. The van der Waals surface area contributed by atoms with Crippen LogP contribution in [0.2, 0.25) is 0 Å². The van der Waals surface area contributed by atoms with Crippen molar-refractivity contribution in [3.05, 3.63) is 54.2 Å². The maximum absolute atomic E-state index is 5.63.